The zero-order chi connectivity index (χ0) is 22.2. The summed E-state index contributed by atoms with van der Waals surface area (Å²) in [6, 6.07) is 20.7. The molecule has 0 bridgehead atoms. The van der Waals surface area contributed by atoms with Gasteiger partial charge in [0, 0.05) is 34.8 Å². The van der Waals surface area contributed by atoms with Crippen LogP contribution < -0.4 is 5.56 Å². The third-order valence-electron chi connectivity index (χ3n) is 5.33. The van der Waals surface area contributed by atoms with Crippen molar-refractivity contribution in [3.8, 4) is 28.0 Å². The van der Waals surface area contributed by atoms with E-state index >= 15 is 0 Å². The molecule has 2 heterocycles. The van der Waals surface area contributed by atoms with Gasteiger partial charge >= 0.3 is 0 Å². The number of phenols is 1. The van der Waals surface area contributed by atoms with Crippen LogP contribution in [0.25, 0.3) is 27.9 Å². The van der Waals surface area contributed by atoms with Gasteiger partial charge in [-0.15, -0.1) is 0 Å². The molecular formula is C25H17ClFN3O2. The maximum Gasteiger partial charge on any atom is 0.282 e. The van der Waals surface area contributed by atoms with Crippen molar-refractivity contribution in [2.45, 2.75) is 6.42 Å². The molecule has 0 spiro atoms. The molecule has 0 aliphatic carbocycles. The third-order valence-corrected chi connectivity index (χ3v) is 5.58. The predicted molar refractivity (Wildman–Crippen MR) is 123 cm³/mol. The molecule has 32 heavy (non-hydrogen) atoms. The van der Waals surface area contributed by atoms with Gasteiger partial charge in [-0.3, -0.25) is 4.79 Å². The fourth-order valence-electron chi connectivity index (χ4n) is 3.82. The Bertz CT molecular complexity index is 1490. The lowest BCUT2D eigenvalue weighted by atomic mass is 10.0. The lowest BCUT2D eigenvalue weighted by Crippen LogP contribution is -2.17. The van der Waals surface area contributed by atoms with Crippen LogP contribution in [0.5, 0.6) is 5.75 Å². The van der Waals surface area contributed by atoms with Crippen LogP contribution in [-0.2, 0) is 6.42 Å². The minimum atomic E-state index is -0.585. The van der Waals surface area contributed by atoms with Gasteiger partial charge in [0.15, 0.2) is 0 Å². The quantitative estimate of drug-likeness (QED) is 0.386. The molecule has 158 valence electrons. The number of benzene rings is 3. The van der Waals surface area contributed by atoms with E-state index < -0.39 is 11.4 Å². The van der Waals surface area contributed by atoms with E-state index in [-0.39, 0.29) is 16.9 Å². The van der Waals surface area contributed by atoms with Crippen molar-refractivity contribution >= 4 is 17.2 Å². The average Bonchev–Trinajstić information content (AvgIpc) is 3.15. The van der Waals surface area contributed by atoms with Crippen molar-refractivity contribution < 1.29 is 9.50 Å². The van der Waals surface area contributed by atoms with E-state index in [0.717, 1.165) is 22.8 Å². The first-order valence-corrected chi connectivity index (χ1v) is 10.3. The first kappa shape index (κ1) is 20.0. The monoisotopic (exact) mass is 445 g/mol. The summed E-state index contributed by atoms with van der Waals surface area (Å²) in [5, 5.41) is 15.4. The number of aromatic nitrogens is 3. The fourth-order valence-corrected chi connectivity index (χ4v) is 3.94. The lowest BCUT2D eigenvalue weighted by Gasteiger charge is -2.06. The van der Waals surface area contributed by atoms with Gasteiger partial charge in [-0.25, -0.2) is 4.39 Å². The molecule has 0 amide bonds. The molecule has 5 aromatic rings. The number of halogens is 2. The summed E-state index contributed by atoms with van der Waals surface area (Å²) in [6.07, 6.45) is 2.03. The highest BCUT2D eigenvalue weighted by molar-refractivity contribution is 6.30. The van der Waals surface area contributed by atoms with Gasteiger partial charge < -0.3 is 10.1 Å². The SMILES string of the molecule is O=c1c(-c2ccc(F)cc2O)c[nH]c2c(-c3ccc(Cl)cc3)c(Cc3ccccc3)nn12. The maximum atomic E-state index is 13.4. The Hall–Kier alpha value is -3.90. The zero-order valence-corrected chi connectivity index (χ0v) is 17.5. The first-order chi connectivity index (χ1) is 15.5. The van der Waals surface area contributed by atoms with Gasteiger partial charge in [0.25, 0.3) is 5.56 Å². The normalized spacial score (nSPS) is 11.2. The van der Waals surface area contributed by atoms with Crippen molar-refractivity contribution in [1.82, 2.24) is 14.6 Å². The van der Waals surface area contributed by atoms with Gasteiger partial charge in [-0.2, -0.15) is 9.61 Å². The molecule has 5 nitrogen and oxygen atoms in total. The van der Waals surface area contributed by atoms with E-state index in [4.69, 9.17) is 11.6 Å². The maximum absolute atomic E-state index is 13.4. The van der Waals surface area contributed by atoms with Crippen molar-refractivity contribution in [3.05, 3.63) is 111 Å². The number of nitrogens with zero attached hydrogens (tertiary/aromatic N) is 2. The molecule has 2 aromatic heterocycles. The smallest absolute Gasteiger partial charge is 0.282 e. The van der Waals surface area contributed by atoms with Crippen LogP contribution >= 0.6 is 11.6 Å². The highest BCUT2D eigenvalue weighted by Gasteiger charge is 2.20. The first-order valence-electron chi connectivity index (χ1n) is 9.93. The third kappa shape index (κ3) is 3.55. The summed E-state index contributed by atoms with van der Waals surface area (Å²) in [5.74, 6) is -0.901. The van der Waals surface area contributed by atoms with Crippen molar-refractivity contribution in [3.63, 3.8) is 0 Å². The van der Waals surface area contributed by atoms with Gasteiger partial charge in [-0.1, -0.05) is 54.1 Å². The number of aromatic hydroxyl groups is 1. The van der Waals surface area contributed by atoms with E-state index in [2.05, 4.69) is 10.1 Å². The van der Waals surface area contributed by atoms with Gasteiger partial charge in [0.2, 0.25) is 0 Å². The topological polar surface area (TPSA) is 70.4 Å². The summed E-state index contributed by atoms with van der Waals surface area (Å²) in [5.41, 5.74) is 3.93. The minimum Gasteiger partial charge on any atom is -0.507 e. The van der Waals surface area contributed by atoms with Crippen molar-refractivity contribution in [1.29, 1.82) is 0 Å². The number of hydrogen-bond acceptors (Lipinski definition) is 3. The second-order valence-electron chi connectivity index (χ2n) is 7.42. The van der Waals surface area contributed by atoms with E-state index in [1.165, 1.54) is 22.8 Å². The molecule has 0 saturated carbocycles. The van der Waals surface area contributed by atoms with Crippen LogP contribution in [-0.4, -0.2) is 19.7 Å². The number of H-pyrrole nitrogens is 1. The predicted octanol–water partition coefficient (Wildman–Crippen LogP) is 5.45. The molecule has 2 N–H and O–H groups in total. The molecule has 0 unspecified atom stereocenters. The Labute approximate surface area is 187 Å². The van der Waals surface area contributed by atoms with Crippen LogP contribution in [0.4, 0.5) is 4.39 Å². The number of aromatic amines is 1. The molecule has 0 radical (unpaired) electrons. The standard InChI is InChI=1S/C25H17ClFN3O2/c26-17-8-6-16(7-9-17)23-21(12-15-4-2-1-3-5-15)29-30-24(23)28-14-20(25(30)32)19-11-10-18(27)13-22(19)31/h1-11,13-14,28,31H,12H2. The highest BCUT2D eigenvalue weighted by Crippen LogP contribution is 2.31. The van der Waals surface area contributed by atoms with E-state index in [9.17, 15) is 14.3 Å². The lowest BCUT2D eigenvalue weighted by molar-refractivity contribution is 0.471. The molecule has 0 atom stereocenters. The second-order valence-corrected chi connectivity index (χ2v) is 7.86. The van der Waals surface area contributed by atoms with Crippen molar-refractivity contribution in [2.75, 3.05) is 0 Å². The van der Waals surface area contributed by atoms with E-state index in [0.29, 0.717) is 22.8 Å². The van der Waals surface area contributed by atoms with Crippen LogP contribution in [0.2, 0.25) is 5.02 Å². The summed E-state index contributed by atoms with van der Waals surface area (Å²) < 4.78 is 14.7. The number of nitrogens with one attached hydrogen (secondary N) is 1. The highest BCUT2D eigenvalue weighted by atomic mass is 35.5. The Morgan fingerprint density at radius 2 is 1.75 bits per heavy atom. The zero-order valence-electron chi connectivity index (χ0n) is 16.7. The summed E-state index contributed by atoms with van der Waals surface area (Å²) in [4.78, 5) is 16.5. The summed E-state index contributed by atoms with van der Waals surface area (Å²) in [6.45, 7) is 0. The van der Waals surface area contributed by atoms with Gasteiger partial charge in [0.1, 0.15) is 17.2 Å². The van der Waals surface area contributed by atoms with Gasteiger partial charge in [0.05, 0.1) is 11.3 Å². The molecule has 0 fully saturated rings. The van der Waals surface area contributed by atoms with Crippen molar-refractivity contribution in [2.24, 2.45) is 0 Å². The fraction of sp³-hybridized carbons (Fsp3) is 0.0400. The Balaban J connectivity index is 1.74. The summed E-state index contributed by atoms with van der Waals surface area (Å²) in [7, 11) is 0. The number of hydrogen-bond donors (Lipinski definition) is 2. The second kappa shape index (κ2) is 7.98. The number of fused-ring (bicyclic) bond motifs is 1. The van der Waals surface area contributed by atoms with Crippen LogP contribution in [0.1, 0.15) is 11.3 Å². The average molecular weight is 446 g/mol. The van der Waals surface area contributed by atoms with E-state index in [1.807, 2.05) is 42.5 Å². The van der Waals surface area contributed by atoms with Gasteiger partial charge in [-0.05, 0) is 35.4 Å². The van der Waals surface area contributed by atoms with E-state index in [1.54, 1.807) is 12.1 Å². The van der Waals surface area contributed by atoms with Crippen LogP contribution in [0.15, 0.2) is 83.8 Å². The van der Waals surface area contributed by atoms with Crippen LogP contribution in [0, 0.1) is 5.82 Å². The largest absolute Gasteiger partial charge is 0.507 e. The van der Waals surface area contributed by atoms with Crippen LogP contribution in [0.3, 0.4) is 0 Å². The molecule has 0 saturated heterocycles. The summed E-state index contributed by atoms with van der Waals surface area (Å²) >= 11 is 6.07. The molecule has 5 rings (SSSR count). The Morgan fingerprint density at radius 1 is 1.00 bits per heavy atom. The minimum absolute atomic E-state index is 0.186. The number of rotatable bonds is 4. The molecule has 3 aromatic carbocycles. The molecular weight excluding hydrogens is 429 g/mol. The Kier molecular flexibility index (Phi) is 4.99. The molecule has 0 aliphatic heterocycles. The molecule has 7 heteroatoms. The number of phenolic OH excluding ortho intramolecular Hbond substituents is 1. The Morgan fingerprint density at radius 3 is 2.47 bits per heavy atom. The molecule has 0 aliphatic rings.